The van der Waals surface area contributed by atoms with Crippen molar-refractivity contribution in [3.63, 3.8) is 0 Å². The Hall–Kier alpha value is -1.94. The average molecular weight is 392 g/mol. The zero-order chi connectivity index (χ0) is 19.5. The quantitative estimate of drug-likeness (QED) is 0.266. The second kappa shape index (κ2) is 5.35. The Kier molecular flexibility index (Phi) is 3.25. The number of benzene rings is 4. The van der Waals surface area contributed by atoms with Gasteiger partial charge in [0, 0.05) is 32.6 Å². The number of aryl methyl sites for hydroxylation is 2. The number of rotatable bonds is 0. The summed E-state index contributed by atoms with van der Waals surface area (Å²) in [6.45, 7) is 9.07. The second-order valence-electron chi connectivity index (χ2n) is 8.51. The maximum atomic E-state index is 2.51. The number of hydrogen-bond acceptors (Lipinski definition) is 0. The van der Waals surface area contributed by atoms with Crippen molar-refractivity contribution in [2.75, 3.05) is 0 Å². The minimum absolute atomic E-state index is 1.01. The van der Waals surface area contributed by atoms with Crippen molar-refractivity contribution in [2.45, 2.75) is 27.7 Å². The third kappa shape index (κ3) is 1.81. The Morgan fingerprint density at radius 1 is 0.571 bits per heavy atom. The summed E-state index contributed by atoms with van der Waals surface area (Å²) in [5, 5.41) is 11.3. The molecular formula is C24H22Al2N2. The molecule has 6 aromatic rings. The zero-order valence-electron chi connectivity index (χ0n) is 17.4. The molecule has 0 radical (unpaired) electrons. The van der Waals surface area contributed by atoms with Gasteiger partial charge in [0.05, 0.1) is 0 Å². The molecule has 0 saturated carbocycles. The number of aromatic nitrogens is 2. The fourth-order valence-corrected chi connectivity index (χ4v) is 7.08. The van der Waals surface area contributed by atoms with Crippen molar-refractivity contribution < 1.29 is 0 Å². The molecule has 0 spiro atoms. The van der Waals surface area contributed by atoms with Crippen LogP contribution in [0.1, 0.15) is 22.5 Å². The smallest absolute Gasteiger partial charge is 0.369 e. The van der Waals surface area contributed by atoms with Crippen molar-refractivity contribution in [2.24, 2.45) is 0 Å². The zero-order valence-corrected chi connectivity index (χ0v) is 21.4. The van der Waals surface area contributed by atoms with Crippen LogP contribution in [0.5, 0.6) is 0 Å². The first-order valence-corrected chi connectivity index (χ1v) is 11.8. The van der Waals surface area contributed by atoms with E-state index in [1.807, 2.05) is 0 Å². The Labute approximate surface area is 180 Å². The highest BCUT2D eigenvalue weighted by atomic mass is 27.1. The topological polar surface area (TPSA) is 9.86 Å². The summed E-state index contributed by atoms with van der Waals surface area (Å²) in [6, 6.07) is 14.3. The molecule has 0 fully saturated rings. The van der Waals surface area contributed by atoms with E-state index in [-0.39, 0.29) is 0 Å². The Morgan fingerprint density at radius 2 is 0.964 bits per heavy atom. The van der Waals surface area contributed by atoms with Crippen LogP contribution in [0.2, 0.25) is 0 Å². The van der Waals surface area contributed by atoms with Crippen LogP contribution in [0.3, 0.4) is 0 Å². The van der Waals surface area contributed by atoms with Gasteiger partial charge in [-0.15, -0.1) is 0 Å². The van der Waals surface area contributed by atoms with Crippen molar-refractivity contribution >= 4 is 87.1 Å². The molecule has 2 aromatic heterocycles. The van der Waals surface area contributed by atoms with Gasteiger partial charge in [0.1, 0.15) is 0 Å². The van der Waals surface area contributed by atoms with Gasteiger partial charge >= 0.3 is 33.0 Å². The Morgan fingerprint density at radius 3 is 1.36 bits per heavy atom. The summed E-state index contributed by atoms with van der Waals surface area (Å²) in [7, 11) is 0. The summed E-state index contributed by atoms with van der Waals surface area (Å²) in [5.74, 6) is 0. The summed E-state index contributed by atoms with van der Waals surface area (Å²) in [4.78, 5) is 0. The van der Waals surface area contributed by atoms with Gasteiger partial charge in [-0.05, 0) is 83.9 Å². The van der Waals surface area contributed by atoms with Gasteiger partial charge in [-0.25, -0.2) is 0 Å². The molecule has 6 rings (SSSR count). The van der Waals surface area contributed by atoms with E-state index >= 15 is 0 Å². The molecule has 0 bridgehead atoms. The lowest BCUT2D eigenvalue weighted by atomic mass is 9.91. The molecule has 0 unspecified atom stereocenters. The van der Waals surface area contributed by atoms with Crippen LogP contribution in [-0.4, -0.2) is 40.1 Å². The maximum absolute atomic E-state index is 2.51. The van der Waals surface area contributed by atoms with E-state index in [1.165, 1.54) is 76.6 Å². The van der Waals surface area contributed by atoms with Gasteiger partial charge < -0.3 is 7.10 Å². The summed E-state index contributed by atoms with van der Waals surface area (Å²) < 4.78 is 5.02. The monoisotopic (exact) mass is 392 g/mol. The van der Waals surface area contributed by atoms with Crippen molar-refractivity contribution in [3.8, 4) is 0 Å². The first kappa shape index (κ1) is 17.0. The largest absolute Gasteiger partial charge is 0.443 e. The highest BCUT2D eigenvalue weighted by Crippen LogP contribution is 2.43. The van der Waals surface area contributed by atoms with Crippen molar-refractivity contribution in [1.82, 2.24) is 7.10 Å². The predicted molar refractivity (Wildman–Crippen MR) is 128 cm³/mol. The van der Waals surface area contributed by atoms with E-state index in [4.69, 9.17) is 0 Å². The van der Waals surface area contributed by atoms with E-state index in [9.17, 15) is 0 Å². The van der Waals surface area contributed by atoms with Crippen LogP contribution >= 0.6 is 0 Å². The molecule has 134 valence electrons. The van der Waals surface area contributed by atoms with E-state index in [0.29, 0.717) is 0 Å². The minimum atomic E-state index is 1.01. The predicted octanol–water partition coefficient (Wildman–Crippen LogP) is 4.52. The highest BCUT2D eigenvalue weighted by Gasteiger charge is 2.19. The third-order valence-electron chi connectivity index (χ3n) is 7.42. The van der Waals surface area contributed by atoms with Crippen LogP contribution in [0.25, 0.3) is 54.1 Å². The first-order chi connectivity index (χ1) is 13.4. The molecule has 2 heterocycles. The lowest BCUT2D eigenvalue weighted by molar-refractivity contribution is 1.17. The molecule has 0 aliphatic rings. The fourth-order valence-electron chi connectivity index (χ4n) is 5.44. The second-order valence-corrected chi connectivity index (χ2v) is 10.3. The molecule has 0 aliphatic carbocycles. The van der Waals surface area contributed by atoms with Crippen LogP contribution in [-0.2, 0) is 0 Å². The van der Waals surface area contributed by atoms with Crippen molar-refractivity contribution in [1.29, 1.82) is 0 Å². The number of fused-ring (bicyclic) bond motifs is 4. The average Bonchev–Trinajstić information content (AvgIpc) is 3.05. The first-order valence-electron chi connectivity index (χ1n) is 10.0. The highest BCUT2D eigenvalue weighted by molar-refractivity contribution is 6.34. The van der Waals surface area contributed by atoms with Crippen molar-refractivity contribution in [3.05, 3.63) is 58.9 Å². The normalized spacial score (nSPS) is 12.6. The fraction of sp³-hybridized carbons (Fsp3) is 0.167. The molecule has 0 atom stereocenters. The molecule has 2 nitrogen and oxygen atoms in total. The molecule has 0 saturated heterocycles. The lowest BCUT2D eigenvalue weighted by Gasteiger charge is -2.15. The van der Waals surface area contributed by atoms with Crippen LogP contribution in [0.4, 0.5) is 0 Å². The lowest BCUT2D eigenvalue weighted by Crippen LogP contribution is -1.96. The molecule has 0 amide bonds. The third-order valence-corrected chi connectivity index (χ3v) is 9.65. The standard InChI is InChI=1S/C24H18N2.2Al.4H/c1-11-13(3)25-23-17-7-6-16-10-20-12(2)14(4)26-24(20)18-8-5-15(9-19(11)23)21(17)22(16)18;;;;;;/h5-10H,1-4H3;;;;;;/q-2;2*+1;;;;. The number of hydrogen-bond donors (Lipinski definition) is 0. The SMILES string of the molecule is Cc1c(C)[n]([AlH2])c2c1cc1ccc3c4c(ccc2c14)cc1c(C)c(C)[n]([AlH2])c13. The van der Waals surface area contributed by atoms with Gasteiger partial charge in [-0.2, -0.15) is 0 Å². The van der Waals surface area contributed by atoms with E-state index in [1.54, 1.807) is 0 Å². The molecule has 4 heteroatoms. The van der Waals surface area contributed by atoms with E-state index in [2.05, 4.69) is 71.2 Å². The molecule has 0 aliphatic heterocycles. The van der Waals surface area contributed by atoms with Crippen LogP contribution in [0.15, 0.2) is 36.4 Å². The maximum Gasteiger partial charge on any atom is 0.369 e. The van der Waals surface area contributed by atoms with E-state index < -0.39 is 0 Å². The summed E-state index contributed by atoms with van der Waals surface area (Å²) >= 11 is 2.02. The van der Waals surface area contributed by atoms with Crippen LogP contribution < -0.4 is 0 Å². The van der Waals surface area contributed by atoms with Gasteiger partial charge in [0.25, 0.3) is 0 Å². The van der Waals surface area contributed by atoms with Gasteiger partial charge in [0.2, 0.25) is 0 Å². The summed E-state index contributed by atoms with van der Waals surface area (Å²) in [6.07, 6.45) is 0. The molecule has 28 heavy (non-hydrogen) atoms. The number of nitrogens with zero attached hydrogens (tertiary/aromatic N) is 2. The molecular weight excluding hydrogens is 370 g/mol. The molecule has 4 aromatic carbocycles. The minimum Gasteiger partial charge on any atom is -0.443 e. The van der Waals surface area contributed by atoms with Gasteiger partial charge in [-0.3, -0.25) is 0 Å². The van der Waals surface area contributed by atoms with Gasteiger partial charge in [0.15, 0.2) is 0 Å². The Balaban J connectivity index is 1.98. The summed E-state index contributed by atoms with van der Waals surface area (Å²) in [5.41, 5.74) is 8.54. The van der Waals surface area contributed by atoms with Crippen LogP contribution in [0, 0.1) is 27.7 Å². The van der Waals surface area contributed by atoms with Gasteiger partial charge in [-0.1, -0.05) is 24.3 Å². The van der Waals surface area contributed by atoms with E-state index in [0.717, 1.165) is 33.0 Å². The molecule has 0 N–H and O–H groups in total. The Bertz CT molecular complexity index is 1490.